The quantitative estimate of drug-likeness (QED) is 0.227. The molecule has 0 aromatic heterocycles. The molecule has 0 aliphatic carbocycles. The van der Waals surface area contributed by atoms with Gasteiger partial charge in [-0.05, 0) is 23.6 Å². The molecule has 0 amide bonds. The molecule has 0 aliphatic rings. The Morgan fingerprint density at radius 3 is 1.26 bits per heavy atom. The summed E-state index contributed by atoms with van der Waals surface area (Å²) in [6.45, 7) is 0. The molecule has 194 valence electrons. The largest absolute Gasteiger partial charge is 0.460 e. The van der Waals surface area contributed by atoms with Crippen molar-refractivity contribution >= 4 is 0 Å². The van der Waals surface area contributed by atoms with Crippen LogP contribution in [0.1, 0.15) is 23.5 Å². The number of benzene rings is 2. The SMILES string of the molecule is FC(F)(F)C(F)(F)C(F)(F)C(F)(F)C(F)(F)C(F)(F)/C=C/CC(c1ccccc1)c1ccccc1. The van der Waals surface area contributed by atoms with Crippen LogP contribution in [0, 0.1) is 0 Å². The third kappa shape index (κ3) is 4.99. The lowest BCUT2D eigenvalue weighted by molar-refractivity contribution is -0.436. The van der Waals surface area contributed by atoms with Crippen LogP contribution in [0.25, 0.3) is 0 Å². The van der Waals surface area contributed by atoms with Crippen molar-refractivity contribution < 1.29 is 57.1 Å². The molecule has 0 bridgehead atoms. The fraction of sp³-hybridized carbons (Fsp3) is 0.364. The Bertz CT molecular complexity index is 954. The molecule has 0 heterocycles. The summed E-state index contributed by atoms with van der Waals surface area (Å²) in [7, 11) is 0. The number of halogens is 13. The molecule has 0 spiro atoms. The van der Waals surface area contributed by atoms with Crippen LogP contribution in [0.4, 0.5) is 57.1 Å². The highest BCUT2D eigenvalue weighted by Crippen LogP contribution is 2.60. The van der Waals surface area contributed by atoms with E-state index in [0.717, 1.165) is 0 Å². The Morgan fingerprint density at radius 1 is 0.514 bits per heavy atom. The standard InChI is InChI=1S/C22H15F13/c23-17(24,18(25,26)19(27,28)20(29,30)21(31,32)22(33,34)35)13-7-12-16(14-8-3-1-4-9-14)15-10-5-2-6-11-15/h1-11,13,16H,12H2/b13-7+. The van der Waals surface area contributed by atoms with E-state index in [1.54, 1.807) is 36.4 Å². The van der Waals surface area contributed by atoms with Crippen LogP contribution in [-0.2, 0) is 0 Å². The minimum absolute atomic E-state index is 0.231. The van der Waals surface area contributed by atoms with Crippen LogP contribution in [0.2, 0.25) is 0 Å². The van der Waals surface area contributed by atoms with Crippen LogP contribution in [0.5, 0.6) is 0 Å². The maximum Gasteiger partial charge on any atom is 0.460 e. The van der Waals surface area contributed by atoms with E-state index < -0.39 is 54.2 Å². The summed E-state index contributed by atoms with van der Waals surface area (Å²) in [6.07, 6.45) is -8.68. The van der Waals surface area contributed by atoms with Crippen molar-refractivity contribution in [3.63, 3.8) is 0 Å². The van der Waals surface area contributed by atoms with Crippen LogP contribution in [0.15, 0.2) is 72.8 Å². The Balaban J connectivity index is 2.40. The Kier molecular flexibility index (Phi) is 7.64. The first kappa shape index (κ1) is 28.5. The predicted octanol–water partition coefficient (Wildman–Crippen LogP) is 8.50. The second-order valence-electron chi connectivity index (χ2n) is 7.43. The van der Waals surface area contributed by atoms with Crippen molar-refractivity contribution in [2.75, 3.05) is 0 Å². The summed E-state index contributed by atoms with van der Waals surface area (Å²) in [4.78, 5) is 0. The van der Waals surface area contributed by atoms with Gasteiger partial charge < -0.3 is 0 Å². The van der Waals surface area contributed by atoms with Gasteiger partial charge in [-0.3, -0.25) is 0 Å². The van der Waals surface area contributed by atoms with E-state index in [1.807, 2.05) is 0 Å². The van der Waals surface area contributed by atoms with E-state index in [-0.39, 0.29) is 6.08 Å². The minimum atomic E-state index is -7.91. The molecule has 2 aromatic carbocycles. The first-order chi connectivity index (χ1) is 15.8. The summed E-state index contributed by atoms with van der Waals surface area (Å²) in [6, 6.07) is 15.4. The minimum Gasteiger partial charge on any atom is -0.195 e. The summed E-state index contributed by atoms with van der Waals surface area (Å²) < 4.78 is 172. The van der Waals surface area contributed by atoms with Crippen molar-refractivity contribution in [1.29, 1.82) is 0 Å². The van der Waals surface area contributed by atoms with Crippen LogP contribution < -0.4 is 0 Å². The molecule has 0 fully saturated rings. The van der Waals surface area contributed by atoms with Crippen molar-refractivity contribution in [3.05, 3.63) is 83.9 Å². The Labute approximate surface area is 190 Å². The molecule has 0 saturated carbocycles. The number of alkyl halides is 13. The number of hydrogen-bond acceptors (Lipinski definition) is 0. The Hall–Kier alpha value is -2.73. The van der Waals surface area contributed by atoms with E-state index in [9.17, 15) is 57.1 Å². The molecular weight excluding hydrogens is 511 g/mol. The first-order valence-electron chi connectivity index (χ1n) is 9.54. The van der Waals surface area contributed by atoms with Crippen molar-refractivity contribution in [2.45, 2.75) is 48.1 Å². The number of hydrogen-bond donors (Lipinski definition) is 0. The molecule has 0 N–H and O–H groups in total. The van der Waals surface area contributed by atoms with Gasteiger partial charge in [0.1, 0.15) is 0 Å². The van der Waals surface area contributed by atoms with Gasteiger partial charge in [-0.25, -0.2) is 0 Å². The molecule has 0 nitrogen and oxygen atoms in total. The average molecular weight is 526 g/mol. The second kappa shape index (κ2) is 9.38. The van der Waals surface area contributed by atoms with E-state index in [2.05, 4.69) is 0 Å². The van der Waals surface area contributed by atoms with E-state index in [4.69, 9.17) is 0 Å². The van der Waals surface area contributed by atoms with Gasteiger partial charge in [0, 0.05) is 5.92 Å². The van der Waals surface area contributed by atoms with Crippen molar-refractivity contribution in [1.82, 2.24) is 0 Å². The number of rotatable bonds is 9. The van der Waals surface area contributed by atoms with Crippen LogP contribution in [0.3, 0.4) is 0 Å². The zero-order chi connectivity index (χ0) is 26.9. The zero-order valence-corrected chi connectivity index (χ0v) is 17.1. The molecule has 0 aliphatic heterocycles. The lowest BCUT2D eigenvalue weighted by Gasteiger charge is -2.39. The summed E-state index contributed by atoms with van der Waals surface area (Å²) >= 11 is 0. The van der Waals surface area contributed by atoms with Gasteiger partial charge in [0.2, 0.25) is 0 Å². The maximum absolute atomic E-state index is 14.0. The van der Waals surface area contributed by atoms with Gasteiger partial charge in [-0.2, -0.15) is 57.1 Å². The molecule has 0 atom stereocenters. The molecule has 35 heavy (non-hydrogen) atoms. The third-order valence-corrected chi connectivity index (χ3v) is 5.06. The van der Waals surface area contributed by atoms with Gasteiger partial charge >= 0.3 is 35.8 Å². The topological polar surface area (TPSA) is 0 Å². The van der Waals surface area contributed by atoms with Crippen molar-refractivity contribution in [2.24, 2.45) is 0 Å². The first-order valence-corrected chi connectivity index (χ1v) is 9.54. The van der Waals surface area contributed by atoms with E-state index in [0.29, 0.717) is 11.1 Å². The summed E-state index contributed by atoms with van der Waals surface area (Å²) in [5, 5.41) is 0. The van der Waals surface area contributed by atoms with Crippen LogP contribution >= 0.6 is 0 Å². The monoisotopic (exact) mass is 526 g/mol. The van der Waals surface area contributed by atoms with E-state index >= 15 is 0 Å². The fourth-order valence-electron chi connectivity index (χ4n) is 3.07. The van der Waals surface area contributed by atoms with E-state index in [1.165, 1.54) is 24.3 Å². The van der Waals surface area contributed by atoms with Gasteiger partial charge in [0.25, 0.3) is 0 Å². The van der Waals surface area contributed by atoms with Gasteiger partial charge in [0.15, 0.2) is 0 Å². The molecular formula is C22H15F13. The average Bonchev–Trinajstić information content (AvgIpc) is 2.76. The number of allylic oxidation sites excluding steroid dienone is 2. The molecule has 0 unspecified atom stereocenters. The highest BCUT2D eigenvalue weighted by atomic mass is 19.4. The summed E-state index contributed by atoms with van der Waals surface area (Å²) in [5.74, 6) is -37.8. The smallest absolute Gasteiger partial charge is 0.195 e. The fourth-order valence-corrected chi connectivity index (χ4v) is 3.07. The van der Waals surface area contributed by atoms with Crippen molar-refractivity contribution in [3.8, 4) is 0 Å². The molecule has 13 heteroatoms. The zero-order valence-electron chi connectivity index (χ0n) is 17.1. The molecule has 0 radical (unpaired) electrons. The predicted molar refractivity (Wildman–Crippen MR) is 99.3 cm³/mol. The Morgan fingerprint density at radius 2 is 0.886 bits per heavy atom. The van der Waals surface area contributed by atoms with Gasteiger partial charge in [-0.1, -0.05) is 66.7 Å². The lowest BCUT2D eigenvalue weighted by atomic mass is 9.88. The highest BCUT2D eigenvalue weighted by molar-refractivity contribution is 5.33. The molecule has 0 saturated heterocycles. The lowest BCUT2D eigenvalue weighted by Crippen LogP contribution is -2.69. The molecule has 2 aromatic rings. The second-order valence-corrected chi connectivity index (χ2v) is 7.43. The molecule has 2 rings (SSSR count). The summed E-state index contributed by atoms with van der Waals surface area (Å²) in [5.41, 5.74) is 0.917. The van der Waals surface area contributed by atoms with Gasteiger partial charge in [-0.15, -0.1) is 0 Å². The maximum atomic E-state index is 14.0. The van der Waals surface area contributed by atoms with Crippen LogP contribution in [-0.4, -0.2) is 35.8 Å². The third-order valence-electron chi connectivity index (χ3n) is 5.06. The van der Waals surface area contributed by atoms with Gasteiger partial charge in [0.05, 0.1) is 0 Å². The highest BCUT2D eigenvalue weighted by Gasteiger charge is 2.90. The normalized spacial score (nSPS) is 14.7.